The molecule has 1 fully saturated rings. The van der Waals surface area contributed by atoms with E-state index in [2.05, 4.69) is 0 Å². The first kappa shape index (κ1) is 14.0. The molecular formula is C13H17F3N2O. The minimum absolute atomic E-state index is 0.118. The van der Waals surface area contributed by atoms with E-state index in [4.69, 9.17) is 5.73 Å². The Kier molecular flexibility index (Phi) is 3.89. The SMILES string of the molecule is Nc1ccc(O)c(CN2CCC(C(F)(F)F)CC2)c1. The van der Waals surface area contributed by atoms with Gasteiger partial charge in [-0.1, -0.05) is 0 Å². The van der Waals surface area contributed by atoms with Crippen LogP contribution in [-0.4, -0.2) is 29.3 Å². The van der Waals surface area contributed by atoms with Gasteiger partial charge in [-0.05, 0) is 44.1 Å². The monoisotopic (exact) mass is 274 g/mol. The summed E-state index contributed by atoms with van der Waals surface area (Å²) in [5.41, 5.74) is 6.83. The zero-order valence-corrected chi connectivity index (χ0v) is 10.5. The standard InChI is InChI=1S/C13H17F3N2O/c14-13(15,16)10-3-5-18(6-4-10)8-9-7-11(17)1-2-12(9)19/h1-2,7,10,19H,3-6,8,17H2. The van der Waals surface area contributed by atoms with Crippen LogP contribution in [0.25, 0.3) is 0 Å². The Morgan fingerprint density at radius 2 is 1.89 bits per heavy atom. The summed E-state index contributed by atoms with van der Waals surface area (Å²) in [6.07, 6.45) is -3.86. The van der Waals surface area contributed by atoms with Crippen molar-refractivity contribution in [3.63, 3.8) is 0 Å². The molecule has 1 aromatic rings. The van der Waals surface area contributed by atoms with Gasteiger partial charge in [0.05, 0.1) is 5.92 Å². The molecule has 6 heteroatoms. The summed E-state index contributed by atoms with van der Waals surface area (Å²) in [6, 6.07) is 4.76. The van der Waals surface area contributed by atoms with Crippen LogP contribution in [0.1, 0.15) is 18.4 Å². The number of halogens is 3. The van der Waals surface area contributed by atoms with Crippen molar-refractivity contribution in [3.05, 3.63) is 23.8 Å². The maximum Gasteiger partial charge on any atom is 0.391 e. The predicted molar refractivity (Wildman–Crippen MR) is 66.6 cm³/mol. The summed E-state index contributed by atoms with van der Waals surface area (Å²) in [7, 11) is 0. The van der Waals surface area contributed by atoms with Gasteiger partial charge in [-0.2, -0.15) is 13.2 Å². The average Bonchev–Trinajstić information content (AvgIpc) is 2.33. The Hall–Kier alpha value is -1.43. The van der Waals surface area contributed by atoms with Gasteiger partial charge in [0.25, 0.3) is 0 Å². The summed E-state index contributed by atoms with van der Waals surface area (Å²) >= 11 is 0. The Balaban J connectivity index is 1.94. The Bertz CT molecular complexity index is 440. The zero-order valence-electron chi connectivity index (χ0n) is 10.5. The van der Waals surface area contributed by atoms with Gasteiger partial charge in [-0.25, -0.2) is 0 Å². The maximum absolute atomic E-state index is 12.5. The topological polar surface area (TPSA) is 49.5 Å². The molecule has 0 spiro atoms. The van der Waals surface area contributed by atoms with E-state index < -0.39 is 12.1 Å². The van der Waals surface area contributed by atoms with E-state index >= 15 is 0 Å². The number of nitrogen functional groups attached to an aromatic ring is 1. The van der Waals surface area contributed by atoms with Crippen LogP contribution in [0, 0.1) is 5.92 Å². The lowest BCUT2D eigenvalue weighted by molar-refractivity contribution is -0.185. The molecule has 2 rings (SSSR count). The number of aromatic hydroxyl groups is 1. The van der Waals surface area contributed by atoms with E-state index in [0.29, 0.717) is 30.9 Å². The molecule has 3 nitrogen and oxygen atoms in total. The van der Waals surface area contributed by atoms with Gasteiger partial charge < -0.3 is 10.8 Å². The summed E-state index contributed by atoms with van der Waals surface area (Å²) < 4.78 is 37.6. The highest BCUT2D eigenvalue weighted by molar-refractivity contribution is 5.47. The first-order valence-corrected chi connectivity index (χ1v) is 6.22. The normalized spacial score (nSPS) is 18.7. The first-order valence-electron chi connectivity index (χ1n) is 6.22. The summed E-state index contributed by atoms with van der Waals surface area (Å²) in [5, 5.41) is 9.68. The van der Waals surface area contributed by atoms with E-state index in [0.717, 1.165) is 0 Å². The average molecular weight is 274 g/mol. The number of phenols is 1. The van der Waals surface area contributed by atoms with Crippen molar-refractivity contribution >= 4 is 5.69 Å². The lowest BCUT2D eigenvalue weighted by Gasteiger charge is -2.33. The van der Waals surface area contributed by atoms with Gasteiger partial charge in [0.1, 0.15) is 5.75 Å². The van der Waals surface area contributed by atoms with Crippen LogP contribution >= 0.6 is 0 Å². The zero-order chi connectivity index (χ0) is 14.0. The maximum atomic E-state index is 12.5. The summed E-state index contributed by atoms with van der Waals surface area (Å²) in [4.78, 5) is 1.91. The van der Waals surface area contributed by atoms with Crippen LogP contribution in [-0.2, 0) is 6.54 Å². The molecule has 1 aromatic carbocycles. The fourth-order valence-electron chi connectivity index (χ4n) is 2.39. The Morgan fingerprint density at radius 3 is 2.47 bits per heavy atom. The molecule has 1 saturated heterocycles. The molecule has 0 aromatic heterocycles. The van der Waals surface area contributed by atoms with E-state index in [1.54, 1.807) is 12.1 Å². The van der Waals surface area contributed by atoms with Gasteiger partial charge in [0.2, 0.25) is 0 Å². The van der Waals surface area contributed by atoms with Crippen molar-refractivity contribution in [2.45, 2.75) is 25.6 Å². The van der Waals surface area contributed by atoms with E-state index in [9.17, 15) is 18.3 Å². The number of nitrogens with zero attached hydrogens (tertiary/aromatic N) is 1. The van der Waals surface area contributed by atoms with Crippen molar-refractivity contribution in [2.75, 3.05) is 18.8 Å². The van der Waals surface area contributed by atoms with Gasteiger partial charge in [0.15, 0.2) is 0 Å². The second-order valence-electron chi connectivity index (χ2n) is 4.98. The number of phenolic OH excluding ortho intramolecular Hbond substituents is 1. The van der Waals surface area contributed by atoms with Crippen LogP contribution in [0.5, 0.6) is 5.75 Å². The molecule has 0 saturated carbocycles. The lowest BCUT2D eigenvalue weighted by Crippen LogP contribution is -2.38. The molecule has 0 unspecified atom stereocenters. The number of hydrogen-bond donors (Lipinski definition) is 2. The molecule has 1 aliphatic heterocycles. The third kappa shape index (κ3) is 3.53. The highest BCUT2D eigenvalue weighted by Crippen LogP contribution is 2.34. The molecular weight excluding hydrogens is 257 g/mol. The highest BCUT2D eigenvalue weighted by Gasteiger charge is 2.40. The third-order valence-electron chi connectivity index (χ3n) is 3.55. The number of rotatable bonds is 2. The van der Waals surface area contributed by atoms with Crippen LogP contribution < -0.4 is 5.73 Å². The molecule has 0 bridgehead atoms. The highest BCUT2D eigenvalue weighted by atomic mass is 19.4. The molecule has 1 heterocycles. The smallest absolute Gasteiger partial charge is 0.391 e. The molecule has 3 N–H and O–H groups in total. The predicted octanol–water partition coefficient (Wildman–Crippen LogP) is 2.75. The van der Waals surface area contributed by atoms with Crippen molar-refractivity contribution in [1.82, 2.24) is 4.90 Å². The summed E-state index contributed by atoms with van der Waals surface area (Å²) in [6.45, 7) is 1.21. The van der Waals surface area contributed by atoms with Crippen LogP contribution in [0.4, 0.5) is 18.9 Å². The minimum Gasteiger partial charge on any atom is -0.508 e. The molecule has 19 heavy (non-hydrogen) atoms. The van der Waals surface area contributed by atoms with E-state index in [1.807, 2.05) is 4.90 Å². The van der Waals surface area contributed by atoms with Gasteiger partial charge in [-0.3, -0.25) is 4.90 Å². The fraction of sp³-hybridized carbons (Fsp3) is 0.538. The van der Waals surface area contributed by atoms with Crippen molar-refractivity contribution in [3.8, 4) is 5.75 Å². The van der Waals surface area contributed by atoms with Crippen LogP contribution in [0.3, 0.4) is 0 Å². The molecule has 0 atom stereocenters. The number of anilines is 1. The number of alkyl halides is 3. The Labute approximate surface area is 109 Å². The second-order valence-corrected chi connectivity index (χ2v) is 4.98. The molecule has 106 valence electrons. The lowest BCUT2D eigenvalue weighted by atomic mass is 9.96. The number of likely N-dealkylation sites (tertiary alicyclic amines) is 1. The van der Waals surface area contributed by atoms with Gasteiger partial charge >= 0.3 is 6.18 Å². The number of piperidine rings is 1. The third-order valence-corrected chi connectivity index (χ3v) is 3.55. The van der Waals surface area contributed by atoms with Gasteiger partial charge in [0, 0.05) is 17.8 Å². The summed E-state index contributed by atoms with van der Waals surface area (Å²) in [5.74, 6) is -1.06. The molecule has 0 radical (unpaired) electrons. The quantitative estimate of drug-likeness (QED) is 0.644. The fourth-order valence-corrected chi connectivity index (χ4v) is 2.39. The van der Waals surface area contributed by atoms with Crippen LogP contribution in [0.2, 0.25) is 0 Å². The van der Waals surface area contributed by atoms with E-state index in [1.165, 1.54) is 6.07 Å². The van der Waals surface area contributed by atoms with E-state index in [-0.39, 0.29) is 18.6 Å². The van der Waals surface area contributed by atoms with Gasteiger partial charge in [-0.15, -0.1) is 0 Å². The second kappa shape index (κ2) is 5.28. The van der Waals surface area contributed by atoms with Crippen molar-refractivity contribution in [2.24, 2.45) is 5.92 Å². The Morgan fingerprint density at radius 1 is 1.26 bits per heavy atom. The van der Waals surface area contributed by atoms with Crippen molar-refractivity contribution < 1.29 is 18.3 Å². The minimum atomic E-state index is -4.09. The molecule has 0 amide bonds. The largest absolute Gasteiger partial charge is 0.508 e. The van der Waals surface area contributed by atoms with Crippen molar-refractivity contribution in [1.29, 1.82) is 0 Å². The van der Waals surface area contributed by atoms with Crippen LogP contribution in [0.15, 0.2) is 18.2 Å². The number of benzene rings is 1. The number of hydrogen-bond acceptors (Lipinski definition) is 3. The molecule has 1 aliphatic rings. The molecule has 0 aliphatic carbocycles. The first-order chi connectivity index (χ1) is 8.86. The number of nitrogens with two attached hydrogens (primary N) is 1.